The van der Waals surface area contributed by atoms with E-state index in [0.29, 0.717) is 16.3 Å². The molecule has 0 saturated carbocycles. The zero-order chi connectivity index (χ0) is 15.3. The van der Waals surface area contributed by atoms with Gasteiger partial charge in [-0.15, -0.1) is 11.3 Å². The van der Waals surface area contributed by atoms with Gasteiger partial charge in [-0.25, -0.2) is 13.4 Å². The second kappa shape index (κ2) is 6.47. The van der Waals surface area contributed by atoms with Crippen LogP contribution < -0.4 is 5.32 Å². The fourth-order valence-corrected chi connectivity index (χ4v) is 3.53. The first kappa shape index (κ1) is 15.2. The lowest BCUT2D eigenvalue weighted by atomic mass is 10.1. The summed E-state index contributed by atoms with van der Waals surface area (Å²) in [6.07, 6.45) is 1.51. The minimum Gasteiger partial charge on any atom is -0.301 e. The summed E-state index contributed by atoms with van der Waals surface area (Å²) in [6, 6.07) is 8.35. The van der Waals surface area contributed by atoms with E-state index in [1.165, 1.54) is 17.5 Å². The van der Waals surface area contributed by atoms with Gasteiger partial charge < -0.3 is 5.32 Å². The predicted molar refractivity (Wildman–Crippen MR) is 79.4 cm³/mol. The fraction of sp³-hybridized carbons (Fsp3) is 0.154. The second-order valence-electron chi connectivity index (χ2n) is 4.19. The molecule has 0 radical (unpaired) electrons. The Balaban J connectivity index is 2.05. The number of carbonyl (C=O) groups is 1. The maximum atomic E-state index is 12.0. The molecule has 6 nitrogen and oxygen atoms in total. The molecule has 0 saturated heterocycles. The first-order valence-electron chi connectivity index (χ1n) is 5.88. The highest BCUT2D eigenvalue weighted by molar-refractivity contribution is 7.91. The number of nitriles is 1. The van der Waals surface area contributed by atoms with Crippen molar-refractivity contribution in [3.8, 4) is 6.07 Å². The summed E-state index contributed by atoms with van der Waals surface area (Å²) in [7, 11) is -3.66. The first-order valence-corrected chi connectivity index (χ1v) is 8.58. The van der Waals surface area contributed by atoms with Crippen molar-refractivity contribution in [2.24, 2.45) is 0 Å². The number of hydrogen-bond donors (Lipinski definition) is 1. The van der Waals surface area contributed by atoms with Crippen LogP contribution in [0.3, 0.4) is 0 Å². The lowest BCUT2D eigenvalue weighted by molar-refractivity contribution is -0.113. The van der Waals surface area contributed by atoms with Gasteiger partial charge in [-0.3, -0.25) is 4.79 Å². The van der Waals surface area contributed by atoms with Gasteiger partial charge in [0, 0.05) is 11.6 Å². The van der Waals surface area contributed by atoms with Gasteiger partial charge in [-0.1, -0.05) is 18.2 Å². The van der Waals surface area contributed by atoms with E-state index >= 15 is 0 Å². The van der Waals surface area contributed by atoms with Crippen LogP contribution in [0, 0.1) is 11.3 Å². The Hall–Kier alpha value is -2.24. The largest absolute Gasteiger partial charge is 0.301 e. The molecular formula is C13H11N3O3S2. The van der Waals surface area contributed by atoms with Gasteiger partial charge in [0.05, 0.1) is 17.4 Å². The number of sulfone groups is 1. The summed E-state index contributed by atoms with van der Waals surface area (Å²) in [5.41, 5.74) is 0.684. The van der Waals surface area contributed by atoms with Crippen molar-refractivity contribution in [1.82, 2.24) is 4.98 Å². The Kier molecular flexibility index (Phi) is 4.67. The fourth-order valence-electron chi connectivity index (χ4n) is 1.68. The van der Waals surface area contributed by atoms with Gasteiger partial charge in [0.1, 0.15) is 5.75 Å². The lowest BCUT2D eigenvalue weighted by Crippen LogP contribution is -2.24. The summed E-state index contributed by atoms with van der Waals surface area (Å²) in [5.74, 6) is -1.63. The maximum absolute atomic E-state index is 12.0. The van der Waals surface area contributed by atoms with E-state index in [9.17, 15) is 13.2 Å². The van der Waals surface area contributed by atoms with Crippen molar-refractivity contribution in [2.45, 2.75) is 5.75 Å². The standard InChI is InChI=1S/C13H11N3O3S2/c14-7-10-3-1-2-4-11(10)8-21(18,19)9-12(17)16-13-15-5-6-20-13/h1-6H,8-9H2,(H,15,16,17). The van der Waals surface area contributed by atoms with Crippen LogP contribution in [0.2, 0.25) is 0 Å². The predicted octanol–water partition coefficient (Wildman–Crippen LogP) is 1.57. The van der Waals surface area contributed by atoms with E-state index < -0.39 is 21.5 Å². The van der Waals surface area contributed by atoms with Crippen LogP contribution in [0.15, 0.2) is 35.8 Å². The monoisotopic (exact) mass is 321 g/mol. The van der Waals surface area contributed by atoms with Crippen LogP contribution in [0.5, 0.6) is 0 Å². The van der Waals surface area contributed by atoms with E-state index in [1.807, 2.05) is 6.07 Å². The quantitative estimate of drug-likeness (QED) is 0.901. The lowest BCUT2D eigenvalue weighted by Gasteiger charge is -2.06. The number of anilines is 1. The van der Waals surface area contributed by atoms with Crippen LogP contribution in [-0.2, 0) is 20.4 Å². The minimum atomic E-state index is -3.66. The average Bonchev–Trinajstić information content (AvgIpc) is 2.90. The van der Waals surface area contributed by atoms with Crippen molar-refractivity contribution in [1.29, 1.82) is 5.26 Å². The van der Waals surface area contributed by atoms with Crippen molar-refractivity contribution in [2.75, 3.05) is 11.1 Å². The highest BCUT2D eigenvalue weighted by Gasteiger charge is 2.19. The van der Waals surface area contributed by atoms with Crippen LogP contribution in [0.4, 0.5) is 5.13 Å². The highest BCUT2D eigenvalue weighted by Crippen LogP contribution is 2.13. The van der Waals surface area contributed by atoms with Crippen LogP contribution >= 0.6 is 11.3 Å². The first-order chi connectivity index (χ1) is 10.00. The number of thiazole rings is 1. The average molecular weight is 321 g/mol. The number of carbonyl (C=O) groups excluding carboxylic acids is 1. The third-order valence-electron chi connectivity index (χ3n) is 2.54. The summed E-state index contributed by atoms with van der Waals surface area (Å²) in [6.45, 7) is 0. The molecule has 21 heavy (non-hydrogen) atoms. The number of aromatic nitrogens is 1. The van der Waals surface area contributed by atoms with Gasteiger partial charge in [-0.05, 0) is 11.6 Å². The molecule has 1 amide bonds. The zero-order valence-corrected chi connectivity index (χ0v) is 12.4. The third-order valence-corrected chi connectivity index (χ3v) is 4.68. The number of nitrogens with zero attached hydrogens (tertiary/aromatic N) is 2. The van der Waals surface area contributed by atoms with Crippen molar-refractivity contribution >= 4 is 32.2 Å². The van der Waals surface area contributed by atoms with E-state index in [2.05, 4.69) is 10.3 Å². The van der Waals surface area contributed by atoms with Gasteiger partial charge in [0.25, 0.3) is 0 Å². The number of amides is 1. The normalized spacial score (nSPS) is 10.8. The van der Waals surface area contributed by atoms with E-state index in [-0.39, 0.29) is 5.75 Å². The molecule has 1 heterocycles. The van der Waals surface area contributed by atoms with Crippen molar-refractivity contribution in [3.63, 3.8) is 0 Å². The smallest absolute Gasteiger partial charge is 0.241 e. The molecule has 0 fully saturated rings. The molecule has 0 aliphatic carbocycles. The van der Waals surface area contributed by atoms with Crippen molar-refractivity contribution < 1.29 is 13.2 Å². The molecule has 1 aromatic carbocycles. The highest BCUT2D eigenvalue weighted by atomic mass is 32.2. The van der Waals surface area contributed by atoms with Gasteiger partial charge >= 0.3 is 0 Å². The van der Waals surface area contributed by atoms with Gasteiger partial charge in [0.2, 0.25) is 5.91 Å². The summed E-state index contributed by atoms with van der Waals surface area (Å²) < 4.78 is 24.0. The molecule has 108 valence electrons. The van der Waals surface area contributed by atoms with Crippen LogP contribution in [0.1, 0.15) is 11.1 Å². The van der Waals surface area contributed by atoms with Crippen molar-refractivity contribution in [3.05, 3.63) is 47.0 Å². The topological polar surface area (TPSA) is 99.9 Å². The SMILES string of the molecule is N#Cc1ccccc1CS(=O)(=O)CC(=O)Nc1nccs1. The maximum Gasteiger partial charge on any atom is 0.241 e. The Morgan fingerprint density at radius 2 is 2.14 bits per heavy atom. The molecule has 0 aliphatic rings. The number of nitrogens with one attached hydrogen (secondary N) is 1. The molecule has 0 unspecified atom stereocenters. The second-order valence-corrected chi connectivity index (χ2v) is 7.15. The van der Waals surface area contributed by atoms with Gasteiger partial charge in [-0.2, -0.15) is 5.26 Å². The molecule has 0 spiro atoms. The molecule has 1 aromatic heterocycles. The molecule has 1 N–H and O–H groups in total. The summed E-state index contributed by atoms with van der Waals surface area (Å²) >= 11 is 1.21. The Labute approximate surface area is 126 Å². The molecule has 0 atom stereocenters. The van der Waals surface area contributed by atoms with Crippen LogP contribution in [0.25, 0.3) is 0 Å². The number of benzene rings is 1. The van der Waals surface area contributed by atoms with E-state index in [1.54, 1.807) is 29.6 Å². The number of hydrogen-bond acceptors (Lipinski definition) is 6. The Morgan fingerprint density at radius 1 is 1.38 bits per heavy atom. The van der Waals surface area contributed by atoms with E-state index in [0.717, 1.165) is 0 Å². The van der Waals surface area contributed by atoms with Gasteiger partial charge in [0.15, 0.2) is 15.0 Å². The molecular weight excluding hydrogens is 310 g/mol. The van der Waals surface area contributed by atoms with E-state index in [4.69, 9.17) is 5.26 Å². The molecule has 8 heteroatoms. The van der Waals surface area contributed by atoms with Crippen LogP contribution in [-0.4, -0.2) is 25.1 Å². The summed E-state index contributed by atoms with van der Waals surface area (Å²) in [4.78, 5) is 15.5. The zero-order valence-electron chi connectivity index (χ0n) is 10.8. The molecule has 0 bridgehead atoms. The molecule has 2 aromatic rings. The Bertz CT molecular complexity index is 777. The Morgan fingerprint density at radius 3 is 2.81 bits per heavy atom. The molecule has 0 aliphatic heterocycles. The minimum absolute atomic E-state index is 0.293. The summed E-state index contributed by atoms with van der Waals surface area (Å²) in [5, 5.41) is 13.4. The molecule has 2 rings (SSSR count). The third kappa shape index (κ3) is 4.37. The number of rotatable bonds is 5.